The first-order valence-electron chi connectivity index (χ1n) is 6.44. The van der Waals surface area contributed by atoms with Crippen LogP contribution in [0.3, 0.4) is 0 Å². The predicted molar refractivity (Wildman–Crippen MR) is 77.4 cm³/mol. The molecule has 0 saturated heterocycles. The third-order valence-electron chi connectivity index (χ3n) is 3.44. The molecule has 1 aromatic heterocycles. The molecule has 0 amide bonds. The minimum absolute atomic E-state index is 0.626. The number of aromatic nitrogens is 2. The van der Waals surface area contributed by atoms with E-state index in [1.165, 1.54) is 11.3 Å². The second-order valence-electron chi connectivity index (χ2n) is 4.83. The number of rotatable bonds is 4. The van der Waals surface area contributed by atoms with Crippen molar-refractivity contribution in [1.82, 2.24) is 9.55 Å². The number of aryl methyl sites for hydroxylation is 3. The lowest BCUT2D eigenvalue weighted by atomic mass is 10.00. The first-order valence-corrected chi connectivity index (χ1v) is 6.44. The molecule has 0 aliphatic carbocycles. The van der Waals surface area contributed by atoms with Gasteiger partial charge in [0.15, 0.2) is 0 Å². The molecule has 0 unspecified atom stereocenters. The minimum Gasteiger partial charge on any atom is -0.496 e. The lowest BCUT2D eigenvalue weighted by molar-refractivity contribution is 0.411. The molecule has 2 rings (SSSR count). The van der Waals surface area contributed by atoms with Gasteiger partial charge in [0.25, 0.3) is 0 Å². The molecule has 0 radical (unpaired) electrons. The normalized spacial score (nSPS) is 10.8. The van der Waals surface area contributed by atoms with Gasteiger partial charge in [0.2, 0.25) is 0 Å². The monoisotopic (exact) mass is 259 g/mol. The zero-order valence-electron chi connectivity index (χ0n) is 12.0. The van der Waals surface area contributed by atoms with Gasteiger partial charge in [0.1, 0.15) is 5.75 Å². The molecular formula is C15H21N3O. The van der Waals surface area contributed by atoms with E-state index in [0.29, 0.717) is 6.54 Å². The second-order valence-corrected chi connectivity index (χ2v) is 4.83. The number of imidazole rings is 1. The molecule has 2 aromatic rings. The summed E-state index contributed by atoms with van der Waals surface area (Å²) in [5, 5.41) is 0. The number of nitrogens with two attached hydrogens (primary N) is 1. The Hall–Kier alpha value is -1.81. The number of methoxy groups -OCH3 is 1. The highest BCUT2D eigenvalue weighted by Crippen LogP contribution is 2.31. The molecule has 102 valence electrons. The van der Waals surface area contributed by atoms with E-state index in [-0.39, 0.29) is 0 Å². The summed E-state index contributed by atoms with van der Waals surface area (Å²) in [6.07, 6.45) is 2.68. The molecule has 0 aliphatic rings. The Bertz CT molecular complexity index is 587. The summed E-state index contributed by atoms with van der Waals surface area (Å²) >= 11 is 0. The van der Waals surface area contributed by atoms with Crippen molar-refractivity contribution in [2.75, 3.05) is 13.7 Å². The zero-order chi connectivity index (χ0) is 14.0. The summed E-state index contributed by atoms with van der Waals surface area (Å²) in [6.45, 7) is 4.76. The van der Waals surface area contributed by atoms with E-state index in [2.05, 4.69) is 24.0 Å². The number of ether oxygens (including phenoxy) is 1. The largest absolute Gasteiger partial charge is 0.496 e. The average molecular weight is 259 g/mol. The van der Waals surface area contributed by atoms with E-state index >= 15 is 0 Å². The number of benzene rings is 1. The Kier molecular flexibility index (Phi) is 3.90. The molecule has 19 heavy (non-hydrogen) atoms. The Morgan fingerprint density at radius 3 is 2.63 bits per heavy atom. The van der Waals surface area contributed by atoms with E-state index < -0.39 is 0 Å². The van der Waals surface area contributed by atoms with E-state index in [9.17, 15) is 0 Å². The van der Waals surface area contributed by atoms with Crippen LogP contribution in [0.25, 0.3) is 11.3 Å². The van der Waals surface area contributed by atoms with Crippen LogP contribution in [0.2, 0.25) is 0 Å². The van der Waals surface area contributed by atoms with Gasteiger partial charge >= 0.3 is 0 Å². The summed E-state index contributed by atoms with van der Waals surface area (Å²) < 4.78 is 7.40. The topological polar surface area (TPSA) is 53.1 Å². The van der Waals surface area contributed by atoms with Crippen LogP contribution in [-0.2, 0) is 13.5 Å². The van der Waals surface area contributed by atoms with Gasteiger partial charge in [-0.2, -0.15) is 0 Å². The number of hydrogen-bond acceptors (Lipinski definition) is 3. The molecule has 0 atom stereocenters. The summed E-state index contributed by atoms with van der Waals surface area (Å²) in [4.78, 5) is 4.53. The van der Waals surface area contributed by atoms with Crippen molar-refractivity contribution in [3.8, 4) is 17.0 Å². The van der Waals surface area contributed by atoms with Gasteiger partial charge in [-0.05, 0) is 43.7 Å². The lowest BCUT2D eigenvalue weighted by Gasteiger charge is -2.12. The van der Waals surface area contributed by atoms with E-state index in [0.717, 1.165) is 29.0 Å². The van der Waals surface area contributed by atoms with Crippen molar-refractivity contribution in [3.05, 3.63) is 35.3 Å². The van der Waals surface area contributed by atoms with Crippen molar-refractivity contribution in [3.63, 3.8) is 0 Å². The van der Waals surface area contributed by atoms with Crippen molar-refractivity contribution in [2.24, 2.45) is 12.8 Å². The van der Waals surface area contributed by atoms with E-state index in [1.54, 1.807) is 7.11 Å². The molecule has 2 N–H and O–H groups in total. The summed E-state index contributed by atoms with van der Waals surface area (Å²) in [5.41, 5.74) is 11.3. The van der Waals surface area contributed by atoms with Gasteiger partial charge < -0.3 is 15.0 Å². The fraction of sp³-hybridized carbons (Fsp3) is 0.400. The predicted octanol–water partition coefficient (Wildman–Crippen LogP) is 2.21. The van der Waals surface area contributed by atoms with Gasteiger partial charge in [0.05, 0.1) is 19.1 Å². The summed E-state index contributed by atoms with van der Waals surface area (Å²) in [7, 11) is 3.70. The molecule has 4 nitrogen and oxygen atoms in total. The van der Waals surface area contributed by atoms with Crippen LogP contribution in [0.15, 0.2) is 18.5 Å². The molecule has 0 fully saturated rings. The van der Waals surface area contributed by atoms with Crippen LogP contribution in [0, 0.1) is 13.8 Å². The Morgan fingerprint density at radius 2 is 2.00 bits per heavy atom. The highest BCUT2D eigenvalue weighted by Gasteiger charge is 2.14. The Labute approximate surface area is 114 Å². The first kappa shape index (κ1) is 13.6. The number of hydrogen-bond donors (Lipinski definition) is 1. The van der Waals surface area contributed by atoms with E-state index in [4.69, 9.17) is 10.5 Å². The maximum absolute atomic E-state index is 5.69. The lowest BCUT2D eigenvalue weighted by Crippen LogP contribution is -2.07. The van der Waals surface area contributed by atoms with Crippen LogP contribution in [0.5, 0.6) is 5.75 Å². The third-order valence-corrected chi connectivity index (χ3v) is 3.44. The Morgan fingerprint density at radius 1 is 1.26 bits per heavy atom. The standard InChI is InChI=1S/C15H21N3O/c1-10-8-14(19-4)11(2)7-12(10)15-13(5-6-16)18(3)9-17-15/h7-9H,5-6,16H2,1-4H3. The van der Waals surface area contributed by atoms with Gasteiger partial charge in [-0.1, -0.05) is 0 Å². The highest BCUT2D eigenvalue weighted by atomic mass is 16.5. The fourth-order valence-electron chi connectivity index (χ4n) is 2.38. The maximum atomic E-state index is 5.69. The molecule has 4 heteroatoms. The van der Waals surface area contributed by atoms with Gasteiger partial charge in [-0.15, -0.1) is 0 Å². The molecular weight excluding hydrogens is 238 g/mol. The quantitative estimate of drug-likeness (QED) is 0.916. The maximum Gasteiger partial charge on any atom is 0.122 e. The van der Waals surface area contributed by atoms with Crippen LogP contribution in [-0.4, -0.2) is 23.2 Å². The van der Waals surface area contributed by atoms with Crippen molar-refractivity contribution < 1.29 is 4.74 Å². The van der Waals surface area contributed by atoms with E-state index in [1.807, 2.05) is 24.9 Å². The average Bonchev–Trinajstić information content (AvgIpc) is 2.74. The molecule has 1 aromatic carbocycles. The highest BCUT2D eigenvalue weighted by molar-refractivity contribution is 5.68. The molecule has 0 spiro atoms. The molecule has 1 heterocycles. The van der Waals surface area contributed by atoms with Crippen molar-refractivity contribution in [2.45, 2.75) is 20.3 Å². The smallest absolute Gasteiger partial charge is 0.122 e. The summed E-state index contributed by atoms with van der Waals surface area (Å²) in [5.74, 6) is 0.914. The van der Waals surface area contributed by atoms with Crippen LogP contribution in [0.4, 0.5) is 0 Å². The number of nitrogens with zero attached hydrogens (tertiary/aromatic N) is 2. The summed E-state index contributed by atoms with van der Waals surface area (Å²) in [6, 6.07) is 4.20. The van der Waals surface area contributed by atoms with Crippen LogP contribution < -0.4 is 10.5 Å². The minimum atomic E-state index is 0.626. The van der Waals surface area contributed by atoms with Crippen molar-refractivity contribution >= 4 is 0 Å². The fourth-order valence-corrected chi connectivity index (χ4v) is 2.38. The third kappa shape index (κ3) is 2.49. The zero-order valence-corrected chi connectivity index (χ0v) is 12.0. The SMILES string of the molecule is COc1cc(C)c(-c2ncn(C)c2CCN)cc1C. The van der Waals surface area contributed by atoms with Crippen LogP contribution in [0.1, 0.15) is 16.8 Å². The molecule has 0 bridgehead atoms. The van der Waals surface area contributed by atoms with Crippen molar-refractivity contribution in [1.29, 1.82) is 0 Å². The van der Waals surface area contributed by atoms with Gasteiger partial charge in [-0.25, -0.2) is 4.98 Å². The second kappa shape index (κ2) is 5.45. The van der Waals surface area contributed by atoms with Crippen LogP contribution >= 0.6 is 0 Å². The first-order chi connectivity index (χ1) is 9.08. The molecule has 0 aliphatic heterocycles. The van der Waals surface area contributed by atoms with Gasteiger partial charge in [0, 0.05) is 24.7 Å². The van der Waals surface area contributed by atoms with Gasteiger partial charge in [-0.3, -0.25) is 0 Å². The Balaban J connectivity index is 2.56. The molecule has 0 saturated carbocycles.